The standard InChI is InChI=1S/C8H11N3O/c1-2-7-3-5-9-6-8(7)12-11-10-4-1/h3,5-6,10-11H,1-2,4H2. The van der Waals surface area contributed by atoms with Gasteiger partial charge in [-0.25, -0.2) is 5.43 Å². The van der Waals surface area contributed by atoms with Crippen molar-refractivity contribution in [3.8, 4) is 5.75 Å². The van der Waals surface area contributed by atoms with Gasteiger partial charge in [0.15, 0.2) is 5.75 Å². The van der Waals surface area contributed by atoms with E-state index in [2.05, 4.69) is 16.0 Å². The lowest BCUT2D eigenvalue weighted by atomic mass is 10.1. The van der Waals surface area contributed by atoms with Crippen LogP contribution in [0.15, 0.2) is 18.5 Å². The van der Waals surface area contributed by atoms with E-state index in [1.54, 1.807) is 12.4 Å². The Labute approximate surface area is 70.9 Å². The number of rotatable bonds is 0. The molecular formula is C8H11N3O. The van der Waals surface area contributed by atoms with Gasteiger partial charge in [-0.2, -0.15) is 0 Å². The lowest BCUT2D eigenvalue weighted by Crippen LogP contribution is -2.37. The number of aryl methyl sites for hydroxylation is 1. The normalized spacial score (nSPS) is 17.0. The quantitative estimate of drug-likeness (QED) is 0.584. The number of hydrogen-bond acceptors (Lipinski definition) is 4. The molecule has 2 rings (SSSR count). The zero-order valence-corrected chi connectivity index (χ0v) is 6.71. The van der Waals surface area contributed by atoms with Gasteiger partial charge in [-0.3, -0.25) is 4.98 Å². The van der Waals surface area contributed by atoms with E-state index in [4.69, 9.17) is 4.84 Å². The Balaban J connectivity index is 2.24. The molecule has 0 aliphatic carbocycles. The molecule has 1 aliphatic heterocycles. The van der Waals surface area contributed by atoms with Crippen LogP contribution in [0.3, 0.4) is 0 Å². The first-order valence-corrected chi connectivity index (χ1v) is 4.04. The van der Waals surface area contributed by atoms with Crippen LogP contribution in [-0.2, 0) is 6.42 Å². The van der Waals surface area contributed by atoms with E-state index in [1.807, 2.05) is 6.07 Å². The summed E-state index contributed by atoms with van der Waals surface area (Å²) in [4.78, 5) is 9.18. The van der Waals surface area contributed by atoms with Crippen molar-refractivity contribution in [2.75, 3.05) is 6.54 Å². The fourth-order valence-corrected chi connectivity index (χ4v) is 1.22. The third-order valence-electron chi connectivity index (χ3n) is 1.85. The summed E-state index contributed by atoms with van der Waals surface area (Å²) in [5.74, 6) is 0.810. The highest BCUT2D eigenvalue weighted by molar-refractivity contribution is 5.29. The van der Waals surface area contributed by atoms with Gasteiger partial charge in [0.2, 0.25) is 0 Å². The van der Waals surface area contributed by atoms with Crippen LogP contribution in [0.2, 0.25) is 0 Å². The number of aromatic nitrogens is 1. The van der Waals surface area contributed by atoms with Crippen molar-refractivity contribution >= 4 is 0 Å². The number of pyridine rings is 1. The molecule has 0 aromatic carbocycles. The van der Waals surface area contributed by atoms with Crippen LogP contribution >= 0.6 is 0 Å². The van der Waals surface area contributed by atoms with Crippen LogP contribution in [0.1, 0.15) is 12.0 Å². The molecule has 0 spiro atoms. The van der Waals surface area contributed by atoms with Crippen molar-refractivity contribution in [3.05, 3.63) is 24.0 Å². The molecule has 0 unspecified atom stereocenters. The van der Waals surface area contributed by atoms with Crippen LogP contribution in [-0.4, -0.2) is 11.5 Å². The summed E-state index contributed by atoms with van der Waals surface area (Å²) >= 11 is 0. The maximum absolute atomic E-state index is 5.20. The van der Waals surface area contributed by atoms with Gasteiger partial charge in [0.25, 0.3) is 0 Å². The first kappa shape index (κ1) is 7.52. The Bertz CT molecular complexity index is 237. The lowest BCUT2D eigenvalue weighted by molar-refractivity contribution is 0.141. The van der Waals surface area contributed by atoms with Gasteiger partial charge in [0.1, 0.15) is 0 Å². The van der Waals surface area contributed by atoms with Crippen LogP contribution in [0.25, 0.3) is 0 Å². The highest BCUT2D eigenvalue weighted by Crippen LogP contribution is 2.17. The molecular weight excluding hydrogens is 154 g/mol. The molecule has 0 saturated carbocycles. The number of hydrazine groups is 1. The summed E-state index contributed by atoms with van der Waals surface area (Å²) < 4.78 is 0. The first-order chi connectivity index (χ1) is 5.97. The SMILES string of the molecule is c1cc2c(cn1)ONNCCC2. The Kier molecular flexibility index (Phi) is 2.20. The van der Waals surface area contributed by atoms with E-state index in [9.17, 15) is 0 Å². The van der Waals surface area contributed by atoms with E-state index in [-0.39, 0.29) is 0 Å². The zero-order valence-electron chi connectivity index (χ0n) is 6.71. The van der Waals surface area contributed by atoms with E-state index < -0.39 is 0 Å². The van der Waals surface area contributed by atoms with Gasteiger partial charge in [0.05, 0.1) is 6.20 Å². The molecule has 0 fully saturated rings. The number of nitrogens with zero attached hydrogens (tertiary/aromatic N) is 1. The lowest BCUT2D eigenvalue weighted by Gasteiger charge is -2.14. The molecule has 1 aliphatic rings. The molecule has 4 heteroatoms. The summed E-state index contributed by atoms with van der Waals surface area (Å²) in [6, 6.07) is 1.99. The molecule has 1 aromatic heterocycles. The first-order valence-electron chi connectivity index (χ1n) is 4.04. The average molecular weight is 165 g/mol. The average Bonchev–Trinajstić information content (AvgIpc) is 2.06. The van der Waals surface area contributed by atoms with Crippen LogP contribution in [0.5, 0.6) is 5.75 Å². The minimum absolute atomic E-state index is 0.810. The van der Waals surface area contributed by atoms with E-state index in [1.165, 1.54) is 5.56 Å². The molecule has 12 heavy (non-hydrogen) atoms. The Hall–Kier alpha value is -1.13. The van der Waals surface area contributed by atoms with Gasteiger partial charge in [-0.15, -0.1) is 0 Å². The van der Waals surface area contributed by atoms with Crippen molar-refractivity contribution in [3.63, 3.8) is 0 Å². The summed E-state index contributed by atoms with van der Waals surface area (Å²) in [5, 5.41) is 0. The highest BCUT2D eigenvalue weighted by atomic mass is 16.7. The van der Waals surface area contributed by atoms with E-state index in [0.717, 1.165) is 25.1 Å². The molecule has 0 radical (unpaired) electrons. The molecule has 0 bridgehead atoms. The van der Waals surface area contributed by atoms with Crippen LogP contribution < -0.4 is 15.9 Å². The molecule has 1 aromatic rings. The molecule has 4 nitrogen and oxygen atoms in total. The Morgan fingerprint density at radius 2 is 2.50 bits per heavy atom. The minimum atomic E-state index is 0.810. The molecule has 2 N–H and O–H groups in total. The van der Waals surface area contributed by atoms with Crippen LogP contribution in [0, 0.1) is 0 Å². The summed E-state index contributed by atoms with van der Waals surface area (Å²) in [6.45, 7) is 0.918. The van der Waals surface area contributed by atoms with E-state index >= 15 is 0 Å². The van der Waals surface area contributed by atoms with Crippen LogP contribution in [0.4, 0.5) is 0 Å². The monoisotopic (exact) mass is 165 g/mol. The predicted octanol–water partition coefficient (Wildman–Crippen LogP) is 0.416. The third-order valence-corrected chi connectivity index (χ3v) is 1.85. The third kappa shape index (κ3) is 1.54. The topological polar surface area (TPSA) is 46.2 Å². The molecule has 0 atom stereocenters. The predicted molar refractivity (Wildman–Crippen MR) is 44.3 cm³/mol. The second kappa shape index (κ2) is 3.51. The van der Waals surface area contributed by atoms with Crippen molar-refractivity contribution in [1.82, 2.24) is 16.0 Å². The van der Waals surface area contributed by atoms with Gasteiger partial charge < -0.3 is 4.84 Å². The fourth-order valence-electron chi connectivity index (χ4n) is 1.22. The molecule has 0 saturated heterocycles. The van der Waals surface area contributed by atoms with E-state index in [0.29, 0.717) is 0 Å². The highest BCUT2D eigenvalue weighted by Gasteiger charge is 2.05. The number of fused-ring (bicyclic) bond motifs is 1. The summed E-state index contributed by atoms with van der Waals surface area (Å²) in [5.41, 5.74) is 6.79. The second-order valence-corrected chi connectivity index (χ2v) is 2.72. The number of hydrogen-bond donors (Lipinski definition) is 2. The molecule has 2 heterocycles. The largest absolute Gasteiger partial charge is 0.392 e. The summed E-state index contributed by atoms with van der Waals surface area (Å²) in [7, 11) is 0. The smallest absolute Gasteiger partial charge is 0.170 e. The van der Waals surface area contributed by atoms with Crippen molar-refractivity contribution in [1.29, 1.82) is 0 Å². The number of nitrogens with one attached hydrogen (secondary N) is 2. The zero-order chi connectivity index (χ0) is 8.23. The van der Waals surface area contributed by atoms with Crippen molar-refractivity contribution < 1.29 is 4.84 Å². The van der Waals surface area contributed by atoms with Gasteiger partial charge >= 0.3 is 0 Å². The minimum Gasteiger partial charge on any atom is -0.392 e. The van der Waals surface area contributed by atoms with Crippen molar-refractivity contribution in [2.24, 2.45) is 0 Å². The molecule has 64 valence electrons. The van der Waals surface area contributed by atoms with Crippen molar-refractivity contribution in [2.45, 2.75) is 12.8 Å². The van der Waals surface area contributed by atoms with Gasteiger partial charge in [-0.05, 0) is 24.5 Å². The Morgan fingerprint density at radius 3 is 3.50 bits per heavy atom. The summed E-state index contributed by atoms with van der Waals surface area (Å²) in [6.07, 6.45) is 5.65. The maximum Gasteiger partial charge on any atom is 0.170 e. The maximum atomic E-state index is 5.20. The van der Waals surface area contributed by atoms with Gasteiger partial charge in [-0.1, -0.05) is 5.59 Å². The fraction of sp³-hybridized carbons (Fsp3) is 0.375. The molecule has 0 amide bonds. The van der Waals surface area contributed by atoms with Gasteiger partial charge in [0, 0.05) is 12.7 Å². The second-order valence-electron chi connectivity index (χ2n) is 2.72. The Morgan fingerprint density at radius 1 is 1.50 bits per heavy atom.